The quantitative estimate of drug-likeness (QED) is 0.0878. The molecule has 6 atom stereocenters. The summed E-state index contributed by atoms with van der Waals surface area (Å²) < 4.78 is 20.8. The average Bonchev–Trinajstić information content (AvgIpc) is 3.54. The van der Waals surface area contributed by atoms with Crippen LogP contribution in [0.5, 0.6) is 11.5 Å². The van der Waals surface area contributed by atoms with Gasteiger partial charge in [-0.15, -0.1) is 0 Å². The van der Waals surface area contributed by atoms with E-state index in [4.69, 9.17) is 27.9 Å². The highest BCUT2D eigenvalue weighted by Gasteiger charge is 2.70. The van der Waals surface area contributed by atoms with E-state index in [-0.39, 0.29) is 40.5 Å². The number of aromatic hydroxyl groups is 1. The number of fused-ring (bicyclic) bond motifs is 4. The molecule has 2 aliphatic carbocycles. The number of imide groups is 2. The van der Waals surface area contributed by atoms with Crippen LogP contribution in [0.1, 0.15) is 29.9 Å². The highest BCUT2D eigenvalue weighted by atomic mass is 35.5. The summed E-state index contributed by atoms with van der Waals surface area (Å²) in [4.78, 5) is 70.2. The molecule has 15 heteroatoms. The first-order chi connectivity index (χ1) is 25.9. The number of hydrogen-bond donors (Lipinski definition) is 2. The summed E-state index contributed by atoms with van der Waals surface area (Å²) >= 11 is 12.6. The van der Waals surface area contributed by atoms with Crippen molar-refractivity contribution in [3.63, 3.8) is 0 Å². The van der Waals surface area contributed by atoms with Crippen molar-refractivity contribution in [2.45, 2.75) is 24.2 Å². The Balaban J connectivity index is 1.31. The molecular formula is C39H29Cl2FN4O8. The van der Waals surface area contributed by atoms with E-state index in [1.807, 2.05) is 0 Å². The number of nitrogens with zero attached hydrogens (tertiary/aromatic N) is 3. The number of hydrogen-bond acceptors (Lipinski definition) is 9. The number of nitrogens with one attached hydrogen (secondary N) is 1. The molecule has 0 radical (unpaired) electrons. The summed E-state index contributed by atoms with van der Waals surface area (Å²) in [5.41, 5.74) is 2.57. The third-order valence-corrected chi connectivity index (χ3v) is 11.8. The molecule has 2 heterocycles. The average molecular weight is 772 g/mol. The normalized spacial score (nSPS) is 25.9. The minimum atomic E-state index is -1.72. The number of nitro benzene ring substituents is 1. The molecular weight excluding hydrogens is 742 g/mol. The lowest BCUT2D eigenvalue weighted by atomic mass is 9.49. The van der Waals surface area contributed by atoms with Crippen LogP contribution in [0.3, 0.4) is 0 Å². The number of carbonyl (C=O) groups is 4. The van der Waals surface area contributed by atoms with Crippen molar-refractivity contribution in [3.8, 4) is 11.5 Å². The summed E-state index contributed by atoms with van der Waals surface area (Å²) in [5.74, 6) is -8.25. The molecule has 0 aromatic heterocycles. The van der Waals surface area contributed by atoms with E-state index in [0.717, 1.165) is 16.0 Å². The van der Waals surface area contributed by atoms with Crippen molar-refractivity contribution < 1.29 is 38.3 Å². The molecule has 54 heavy (non-hydrogen) atoms. The smallest absolute Gasteiger partial charge is 0.269 e. The summed E-state index contributed by atoms with van der Waals surface area (Å²) in [6, 6.07) is 20.0. The van der Waals surface area contributed by atoms with Gasteiger partial charge >= 0.3 is 0 Å². The van der Waals surface area contributed by atoms with Gasteiger partial charge in [0, 0.05) is 23.1 Å². The Morgan fingerprint density at radius 1 is 0.926 bits per heavy atom. The van der Waals surface area contributed by atoms with Gasteiger partial charge in [-0.2, -0.15) is 5.01 Å². The van der Waals surface area contributed by atoms with Gasteiger partial charge in [0.15, 0.2) is 11.6 Å². The molecule has 1 saturated carbocycles. The number of benzene rings is 4. The van der Waals surface area contributed by atoms with Gasteiger partial charge in [0.2, 0.25) is 11.8 Å². The topological polar surface area (TPSA) is 159 Å². The molecule has 3 fully saturated rings. The molecule has 0 spiro atoms. The number of allylic oxidation sites excluding steroid dienone is 2. The van der Waals surface area contributed by atoms with Crippen molar-refractivity contribution in [1.29, 1.82) is 0 Å². The molecule has 12 nitrogen and oxygen atoms in total. The van der Waals surface area contributed by atoms with E-state index >= 15 is 9.18 Å². The van der Waals surface area contributed by atoms with Gasteiger partial charge in [0.05, 0.1) is 51.6 Å². The fourth-order valence-corrected chi connectivity index (χ4v) is 9.35. The van der Waals surface area contributed by atoms with Gasteiger partial charge in [-0.1, -0.05) is 53.1 Å². The van der Waals surface area contributed by atoms with Crippen LogP contribution in [0.2, 0.25) is 10.0 Å². The molecule has 4 aromatic rings. The summed E-state index contributed by atoms with van der Waals surface area (Å²) in [5, 5.41) is 22.9. The van der Waals surface area contributed by atoms with E-state index in [2.05, 4.69) is 5.43 Å². The molecule has 8 rings (SSSR count). The lowest BCUT2D eigenvalue weighted by molar-refractivity contribution is -0.384. The van der Waals surface area contributed by atoms with Crippen molar-refractivity contribution in [2.24, 2.45) is 23.7 Å². The Labute approximate surface area is 316 Å². The minimum Gasteiger partial charge on any atom is -0.505 e. The maximum absolute atomic E-state index is 15.4. The van der Waals surface area contributed by atoms with Crippen LogP contribution in [0.15, 0.2) is 96.6 Å². The predicted octanol–water partition coefficient (Wildman–Crippen LogP) is 6.94. The van der Waals surface area contributed by atoms with Gasteiger partial charge in [-0.3, -0.25) is 39.6 Å². The number of rotatable bonds is 7. The number of hydrazine groups is 1. The number of amides is 4. The lowest BCUT2D eigenvalue weighted by Gasteiger charge is -2.50. The fourth-order valence-electron chi connectivity index (χ4n) is 8.90. The van der Waals surface area contributed by atoms with Gasteiger partial charge in [0.1, 0.15) is 5.75 Å². The van der Waals surface area contributed by atoms with Crippen LogP contribution in [0.4, 0.5) is 21.5 Å². The van der Waals surface area contributed by atoms with Crippen molar-refractivity contribution in [2.75, 3.05) is 17.4 Å². The molecule has 2 N–H and O–H groups in total. The molecule has 0 unspecified atom stereocenters. The number of phenolic OH excluding ortho intramolecular Hbond substituents is 1. The molecule has 4 aromatic carbocycles. The molecule has 0 bridgehead atoms. The Kier molecular flexibility index (Phi) is 8.46. The Morgan fingerprint density at radius 2 is 1.65 bits per heavy atom. The number of carbonyl (C=O) groups excluding carboxylic acids is 4. The van der Waals surface area contributed by atoms with Gasteiger partial charge in [-0.25, -0.2) is 4.39 Å². The molecule has 2 aliphatic heterocycles. The van der Waals surface area contributed by atoms with Gasteiger partial charge < -0.3 is 9.84 Å². The number of nitro groups is 1. The molecule has 274 valence electrons. The molecule has 2 saturated heterocycles. The van der Waals surface area contributed by atoms with Crippen LogP contribution in [0.25, 0.3) is 0 Å². The van der Waals surface area contributed by atoms with Gasteiger partial charge in [0.25, 0.3) is 17.5 Å². The summed E-state index contributed by atoms with van der Waals surface area (Å²) in [7, 11) is 1.48. The molecule has 4 amide bonds. The number of phenols is 1. The lowest BCUT2D eigenvalue weighted by Crippen LogP contribution is -2.53. The fraction of sp³-hybridized carbons (Fsp3) is 0.231. The van der Waals surface area contributed by atoms with Crippen LogP contribution in [-0.4, -0.2) is 45.8 Å². The summed E-state index contributed by atoms with van der Waals surface area (Å²) in [6.45, 7) is 0. The second-order valence-corrected chi connectivity index (χ2v) is 14.6. The van der Waals surface area contributed by atoms with Crippen molar-refractivity contribution >= 4 is 63.9 Å². The first-order valence-corrected chi connectivity index (χ1v) is 17.7. The third kappa shape index (κ3) is 5.17. The first kappa shape index (κ1) is 35.3. The van der Waals surface area contributed by atoms with E-state index in [0.29, 0.717) is 21.9 Å². The number of ether oxygens (including phenoxy) is 1. The van der Waals surface area contributed by atoms with Crippen LogP contribution in [-0.2, 0) is 24.6 Å². The largest absolute Gasteiger partial charge is 0.505 e. The van der Waals surface area contributed by atoms with Crippen LogP contribution in [0, 0.1) is 39.6 Å². The zero-order chi connectivity index (χ0) is 38.2. The highest BCUT2D eigenvalue weighted by molar-refractivity contribution is 6.36. The van der Waals surface area contributed by atoms with E-state index < -0.39 is 75.1 Å². The third-order valence-electron chi connectivity index (χ3n) is 11.2. The van der Waals surface area contributed by atoms with Crippen molar-refractivity contribution in [3.05, 3.63) is 134 Å². The zero-order valence-electron chi connectivity index (χ0n) is 28.2. The van der Waals surface area contributed by atoms with E-state index in [1.165, 1.54) is 61.7 Å². The van der Waals surface area contributed by atoms with Crippen LogP contribution >= 0.6 is 23.2 Å². The maximum Gasteiger partial charge on any atom is 0.269 e. The maximum atomic E-state index is 15.4. The summed E-state index contributed by atoms with van der Waals surface area (Å²) in [6.07, 6.45) is 1.85. The Bertz CT molecular complexity index is 2320. The standard InChI is InChI=1S/C39H29Cl2FN4O8/c1-54-24-10-3-20(4-11-24)39-28(36(49)45(38(39)51)43-31-14-5-21(40)17-29(31)41)18-27-25(34(39)19-2-15-32(47)30(42)16-19)12-13-26-33(27)37(50)44(35(26)48)22-6-8-23(9-7-22)46(52)53/h2-12,14-17,26-28,33-34,43,47H,13,18H2,1H3/t26-,27+,28-,33-,34-,39+/m0/s1. The Morgan fingerprint density at radius 3 is 2.30 bits per heavy atom. The second kappa shape index (κ2) is 13.0. The van der Waals surface area contributed by atoms with Crippen LogP contribution < -0.4 is 15.1 Å². The first-order valence-electron chi connectivity index (χ1n) is 16.9. The second-order valence-electron chi connectivity index (χ2n) is 13.7. The molecule has 4 aliphatic rings. The highest BCUT2D eigenvalue weighted by Crippen LogP contribution is 2.64. The number of anilines is 2. The number of methoxy groups -OCH3 is 1. The minimum absolute atomic E-state index is 0.0413. The number of halogens is 3. The van der Waals surface area contributed by atoms with Crippen molar-refractivity contribution in [1.82, 2.24) is 5.01 Å². The zero-order valence-corrected chi connectivity index (χ0v) is 29.8. The monoisotopic (exact) mass is 770 g/mol. The SMILES string of the molecule is COc1ccc([C@@]23C(=O)N(Nc4ccc(Cl)cc4Cl)C(=O)[C@@H]2C[C@@H]2C(=CC[C@@H]4C(=O)N(c5ccc([N+](=O)[O-])cc5)C(=O)[C@@H]42)[C@@H]3c2ccc(O)c(F)c2)cc1. The van der Waals surface area contributed by atoms with E-state index in [9.17, 15) is 29.6 Å². The van der Waals surface area contributed by atoms with E-state index in [1.54, 1.807) is 30.3 Å². The van der Waals surface area contributed by atoms with Gasteiger partial charge in [-0.05, 0) is 84.5 Å². The Hall–Kier alpha value is -5.79. The number of non-ortho nitro benzene ring substituents is 1. The predicted molar refractivity (Wildman–Crippen MR) is 194 cm³/mol.